The number of alkyl halides is 1. The second-order valence-electron chi connectivity index (χ2n) is 7.24. The first-order chi connectivity index (χ1) is 15.3. The maximum absolute atomic E-state index is 12.0. The first-order valence-corrected chi connectivity index (χ1v) is 13.9. The average Bonchev–Trinajstić information content (AvgIpc) is 3.45. The molecule has 4 rings (SSSR count). The van der Waals surface area contributed by atoms with Gasteiger partial charge in [-0.1, -0.05) is 58.1 Å². The van der Waals surface area contributed by atoms with Gasteiger partial charge in [0, 0.05) is 15.6 Å². The van der Waals surface area contributed by atoms with E-state index in [0.29, 0.717) is 16.3 Å². The van der Waals surface area contributed by atoms with Crippen molar-refractivity contribution in [3.63, 3.8) is 0 Å². The van der Waals surface area contributed by atoms with Gasteiger partial charge in [0.25, 0.3) is 0 Å². The normalized spacial score (nSPS) is 12.3. The molecule has 0 aliphatic carbocycles. The smallest absolute Gasteiger partial charge is 0.175 e. The molecule has 0 saturated heterocycles. The lowest BCUT2D eigenvalue weighted by Gasteiger charge is -2.10. The molecule has 0 fully saturated rings. The number of aromatic nitrogens is 2. The summed E-state index contributed by atoms with van der Waals surface area (Å²) >= 11 is 3.88. The maximum Gasteiger partial charge on any atom is 0.175 e. The summed E-state index contributed by atoms with van der Waals surface area (Å²) in [6.45, 7) is 1.71. The molecule has 9 heteroatoms. The van der Waals surface area contributed by atoms with E-state index in [1.54, 1.807) is 36.5 Å². The minimum atomic E-state index is -3.29. The fourth-order valence-electron chi connectivity index (χ4n) is 3.31. The lowest BCUT2D eigenvalue weighted by molar-refractivity contribution is 0.319. The fourth-order valence-corrected chi connectivity index (χ4v) is 5.63. The standard InChI is InChI=1S/C23H20IN3O3S2/c1-15(26-28)19-13-21(27(25-19)20-9-4-3-6-17(20)14-24)23-11-10-22(31-23)16-7-5-8-18(12-16)32(2,29)30/h3-13,28H,14H2,1-2H3/b26-15+. The monoisotopic (exact) mass is 577 g/mol. The summed E-state index contributed by atoms with van der Waals surface area (Å²) in [5.41, 5.74) is 4.82. The second kappa shape index (κ2) is 9.16. The van der Waals surface area contributed by atoms with Gasteiger partial charge in [0.15, 0.2) is 9.84 Å². The Balaban J connectivity index is 1.85. The minimum absolute atomic E-state index is 0.294. The third kappa shape index (κ3) is 4.50. The Morgan fingerprint density at radius 2 is 1.84 bits per heavy atom. The molecule has 32 heavy (non-hydrogen) atoms. The van der Waals surface area contributed by atoms with E-state index in [1.807, 2.05) is 47.1 Å². The van der Waals surface area contributed by atoms with Gasteiger partial charge in [0.2, 0.25) is 0 Å². The van der Waals surface area contributed by atoms with Crippen molar-refractivity contribution in [3.05, 3.63) is 78.0 Å². The zero-order chi connectivity index (χ0) is 22.9. The van der Waals surface area contributed by atoms with E-state index in [1.165, 1.54) is 6.26 Å². The van der Waals surface area contributed by atoms with Crippen LogP contribution in [-0.2, 0) is 14.3 Å². The van der Waals surface area contributed by atoms with Crippen LogP contribution in [0.4, 0.5) is 0 Å². The van der Waals surface area contributed by atoms with Crippen LogP contribution < -0.4 is 0 Å². The number of nitrogens with zero attached hydrogens (tertiary/aromatic N) is 3. The van der Waals surface area contributed by atoms with Crippen LogP contribution in [0.5, 0.6) is 0 Å². The van der Waals surface area contributed by atoms with Crippen LogP contribution in [0.15, 0.2) is 76.8 Å². The van der Waals surface area contributed by atoms with Gasteiger partial charge < -0.3 is 5.21 Å². The van der Waals surface area contributed by atoms with Gasteiger partial charge in [0.1, 0.15) is 11.4 Å². The maximum atomic E-state index is 12.0. The van der Waals surface area contributed by atoms with Crippen molar-refractivity contribution in [2.24, 2.45) is 5.16 Å². The van der Waals surface area contributed by atoms with E-state index in [2.05, 4.69) is 33.8 Å². The van der Waals surface area contributed by atoms with E-state index >= 15 is 0 Å². The number of hydrogen-bond acceptors (Lipinski definition) is 6. The third-order valence-corrected chi connectivity index (χ3v) is 8.09. The zero-order valence-electron chi connectivity index (χ0n) is 17.4. The summed E-state index contributed by atoms with van der Waals surface area (Å²) in [5, 5.41) is 17.3. The Bertz CT molecular complexity index is 1420. The minimum Gasteiger partial charge on any atom is -0.411 e. The highest BCUT2D eigenvalue weighted by Crippen LogP contribution is 2.37. The quantitative estimate of drug-likeness (QED) is 0.103. The third-order valence-electron chi connectivity index (χ3n) is 5.00. The number of benzene rings is 2. The summed E-state index contributed by atoms with van der Waals surface area (Å²) in [6.07, 6.45) is 1.21. The SMILES string of the molecule is C/C(=N\O)c1cc(-c2ccc(-c3cccc(S(C)(=O)=O)c3)s2)n(-c2ccccc2CI)n1. The summed E-state index contributed by atoms with van der Waals surface area (Å²) in [7, 11) is -3.29. The summed E-state index contributed by atoms with van der Waals surface area (Å²) in [5.74, 6) is 0. The fraction of sp³-hybridized carbons (Fsp3) is 0.130. The van der Waals surface area contributed by atoms with E-state index < -0.39 is 9.84 Å². The van der Waals surface area contributed by atoms with Crippen LogP contribution in [0.25, 0.3) is 26.7 Å². The zero-order valence-corrected chi connectivity index (χ0v) is 21.1. The number of halogens is 1. The van der Waals surface area contributed by atoms with Crippen LogP contribution >= 0.6 is 33.9 Å². The van der Waals surface area contributed by atoms with Gasteiger partial charge >= 0.3 is 0 Å². The molecule has 2 aromatic heterocycles. The van der Waals surface area contributed by atoms with Gasteiger partial charge in [-0.2, -0.15) is 5.10 Å². The van der Waals surface area contributed by atoms with Crippen molar-refractivity contribution in [1.29, 1.82) is 0 Å². The number of sulfone groups is 1. The predicted octanol–water partition coefficient (Wildman–Crippen LogP) is 5.80. The Morgan fingerprint density at radius 1 is 1.09 bits per heavy atom. The van der Waals surface area contributed by atoms with Crippen molar-refractivity contribution >= 4 is 49.5 Å². The lowest BCUT2D eigenvalue weighted by Crippen LogP contribution is -2.04. The topological polar surface area (TPSA) is 84.5 Å². The Hall–Kier alpha value is -2.50. The van der Waals surface area contributed by atoms with Crippen LogP contribution in [0.1, 0.15) is 18.2 Å². The van der Waals surface area contributed by atoms with Crippen molar-refractivity contribution in [1.82, 2.24) is 9.78 Å². The first-order valence-electron chi connectivity index (χ1n) is 9.66. The molecule has 0 bridgehead atoms. The molecular formula is C23H20IN3O3S2. The summed E-state index contributed by atoms with van der Waals surface area (Å²) in [6, 6.07) is 20.9. The van der Waals surface area contributed by atoms with Crippen LogP contribution in [0.3, 0.4) is 0 Å². The van der Waals surface area contributed by atoms with E-state index in [0.717, 1.165) is 36.7 Å². The van der Waals surface area contributed by atoms with Gasteiger partial charge in [-0.15, -0.1) is 11.3 Å². The molecule has 0 saturated carbocycles. The van der Waals surface area contributed by atoms with Crippen molar-refractivity contribution < 1.29 is 13.6 Å². The van der Waals surface area contributed by atoms with Crippen LogP contribution in [-0.4, -0.2) is 35.4 Å². The van der Waals surface area contributed by atoms with E-state index in [4.69, 9.17) is 5.10 Å². The number of oxime groups is 1. The van der Waals surface area contributed by atoms with Gasteiger partial charge in [-0.25, -0.2) is 13.1 Å². The molecule has 0 atom stereocenters. The number of thiophene rings is 1. The largest absolute Gasteiger partial charge is 0.411 e. The molecule has 0 unspecified atom stereocenters. The summed E-state index contributed by atoms with van der Waals surface area (Å²) < 4.78 is 26.6. The highest BCUT2D eigenvalue weighted by Gasteiger charge is 2.18. The molecule has 1 N–H and O–H groups in total. The molecule has 164 valence electrons. The molecule has 0 spiro atoms. The highest BCUT2D eigenvalue weighted by molar-refractivity contribution is 14.1. The second-order valence-corrected chi connectivity index (χ2v) is 11.1. The molecular weight excluding hydrogens is 557 g/mol. The van der Waals surface area contributed by atoms with Crippen molar-refractivity contribution in [2.75, 3.05) is 6.26 Å². The predicted molar refractivity (Wildman–Crippen MR) is 137 cm³/mol. The van der Waals surface area contributed by atoms with E-state index in [9.17, 15) is 13.6 Å². The first kappa shape index (κ1) is 22.7. The number of rotatable bonds is 6. The highest BCUT2D eigenvalue weighted by atomic mass is 127. The molecule has 2 heterocycles. The molecule has 4 aromatic rings. The summed E-state index contributed by atoms with van der Waals surface area (Å²) in [4.78, 5) is 2.22. The molecule has 6 nitrogen and oxygen atoms in total. The Kier molecular flexibility index (Phi) is 6.50. The van der Waals surface area contributed by atoms with Crippen LogP contribution in [0.2, 0.25) is 0 Å². The molecule has 0 radical (unpaired) electrons. The Morgan fingerprint density at radius 3 is 2.56 bits per heavy atom. The van der Waals surface area contributed by atoms with Crippen LogP contribution in [0, 0.1) is 0 Å². The average molecular weight is 577 g/mol. The molecule has 0 aliphatic heterocycles. The molecule has 0 amide bonds. The lowest BCUT2D eigenvalue weighted by atomic mass is 10.2. The molecule has 2 aromatic carbocycles. The number of hydrogen-bond donors (Lipinski definition) is 1. The molecule has 0 aliphatic rings. The van der Waals surface area contributed by atoms with Gasteiger partial charge in [-0.05, 0) is 54.4 Å². The van der Waals surface area contributed by atoms with Gasteiger partial charge in [0.05, 0.1) is 21.2 Å². The van der Waals surface area contributed by atoms with Crippen molar-refractivity contribution in [2.45, 2.75) is 16.2 Å². The van der Waals surface area contributed by atoms with E-state index in [-0.39, 0.29) is 0 Å². The van der Waals surface area contributed by atoms with Crippen molar-refractivity contribution in [3.8, 4) is 26.7 Å². The van der Waals surface area contributed by atoms with Gasteiger partial charge in [-0.3, -0.25) is 0 Å². The Labute approximate surface area is 204 Å². The number of para-hydroxylation sites is 1.